The number of allylic oxidation sites excluding steroid dienone is 4. The van der Waals surface area contributed by atoms with Crippen molar-refractivity contribution in [3.63, 3.8) is 0 Å². The molecule has 26 heavy (non-hydrogen) atoms. The van der Waals surface area contributed by atoms with Crippen molar-refractivity contribution in [3.05, 3.63) is 82.9 Å². The second kappa shape index (κ2) is 6.91. The molecule has 2 atom stereocenters. The normalized spacial score (nSPS) is 21.0. The first-order chi connectivity index (χ1) is 12.6. The summed E-state index contributed by atoms with van der Waals surface area (Å²) in [5.74, 6) is 2.35. The maximum atomic E-state index is 2.54. The molecule has 0 spiro atoms. The molecule has 0 aliphatic heterocycles. The van der Waals surface area contributed by atoms with Crippen LogP contribution < -0.4 is 0 Å². The molecule has 0 N–H and O–H groups in total. The van der Waals surface area contributed by atoms with Gasteiger partial charge in [-0.05, 0) is 58.1 Å². The number of rotatable bonds is 5. The van der Waals surface area contributed by atoms with Crippen molar-refractivity contribution >= 4 is 11.1 Å². The Morgan fingerprint density at radius 3 is 1.38 bits per heavy atom. The van der Waals surface area contributed by atoms with E-state index in [1.165, 1.54) is 46.2 Å². The second-order valence-electron chi connectivity index (χ2n) is 8.52. The van der Waals surface area contributed by atoms with Crippen LogP contribution in [0.15, 0.2) is 60.7 Å². The summed E-state index contributed by atoms with van der Waals surface area (Å²) in [6.07, 6.45) is 7.55. The van der Waals surface area contributed by atoms with Gasteiger partial charge in [0.05, 0.1) is 0 Å². The largest absolute Gasteiger partial charge is 0.0729 e. The van der Waals surface area contributed by atoms with Crippen LogP contribution in [-0.2, 0) is 0 Å². The molecule has 0 aromatic heterocycles. The van der Waals surface area contributed by atoms with E-state index < -0.39 is 0 Å². The minimum atomic E-state index is 0.576. The van der Waals surface area contributed by atoms with Crippen LogP contribution >= 0.6 is 0 Å². The molecule has 2 aliphatic carbocycles. The molecular weight excluding hydrogens is 312 g/mol. The standard InChI is InChI=1S/C26H30/c1-17(2)25-15-19(21-9-5-7-11-23(21)25)13-14-20-16-26(18(3)4)24-12-8-6-10-22(20)24/h5-12,15-20H,13-14H2,1-4H3/t19-,20-/m1/s1. The minimum absolute atomic E-state index is 0.576. The fraction of sp³-hybridized carbons (Fsp3) is 0.385. The Morgan fingerprint density at radius 2 is 1.00 bits per heavy atom. The molecule has 0 amide bonds. The van der Waals surface area contributed by atoms with E-state index in [4.69, 9.17) is 0 Å². The van der Waals surface area contributed by atoms with Crippen molar-refractivity contribution in [2.45, 2.75) is 52.4 Å². The molecule has 0 radical (unpaired) electrons. The number of hydrogen-bond acceptors (Lipinski definition) is 0. The predicted octanol–water partition coefficient (Wildman–Crippen LogP) is 7.44. The first-order valence-electron chi connectivity index (χ1n) is 10.2. The van der Waals surface area contributed by atoms with Crippen molar-refractivity contribution < 1.29 is 0 Å². The summed E-state index contributed by atoms with van der Waals surface area (Å²) in [7, 11) is 0. The minimum Gasteiger partial charge on any atom is -0.0729 e. The molecule has 2 aromatic carbocycles. The Morgan fingerprint density at radius 1 is 0.615 bits per heavy atom. The summed E-state index contributed by atoms with van der Waals surface area (Å²) < 4.78 is 0. The quantitative estimate of drug-likeness (QED) is 0.529. The third kappa shape index (κ3) is 2.96. The van der Waals surface area contributed by atoms with Gasteiger partial charge in [0.25, 0.3) is 0 Å². The summed E-state index contributed by atoms with van der Waals surface area (Å²) in [6.45, 7) is 9.26. The van der Waals surface area contributed by atoms with Crippen LogP contribution in [0.25, 0.3) is 11.1 Å². The molecule has 0 heteroatoms. The molecule has 0 bridgehead atoms. The third-order valence-corrected chi connectivity index (χ3v) is 6.14. The maximum Gasteiger partial charge on any atom is 0.00304 e. The lowest BCUT2D eigenvalue weighted by Crippen LogP contribution is -1.98. The zero-order valence-corrected chi connectivity index (χ0v) is 16.5. The zero-order valence-electron chi connectivity index (χ0n) is 16.5. The first kappa shape index (κ1) is 17.3. The van der Waals surface area contributed by atoms with Crippen molar-refractivity contribution in [2.75, 3.05) is 0 Å². The van der Waals surface area contributed by atoms with E-state index in [0.29, 0.717) is 23.7 Å². The summed E-state index contributed by atoms with van der Waals surface area (Å²) in [6, 6.07) is 18.1. The molecule has 0 saturated carbocycles. The topological polar surface area (TPSA) is 0 Å². The highest BCUT2D eigenvalue weighted by molar-refractivity contribution is 5.77. The zero-order chi connectivity index (χ0) is 18.3. The van der Waals surface area contributed by atoms with Gasteiger partial charge in [-0.25, -0.2) is 0 Å². The molecule has 4 rings (SSSR count). The van der Waals surface area contributed by atoms with E-state index in [0.717, 1.165) is 0 Å². The van der Waals surface area contributed by atoms with Gasteiger partial charge in [0.2, 0.25) is 0 Å². The number of benzene rings is 2. The van der Waals surface area contributed by atoms with E-state index in [9.17, 15) is 0 Å². The lowest BCUT2D eigenvalue weighted by Gasteiger charge is -2.15. The highest BCUT2D eigenvalue weighted by Gasteiger charge is 2.28. The lowest BCUT2D eigenvalue weighted by atomic mass is 9.89. The van der Waals surface area contributed by atoms with Crippen LogP contribution in [0.1, 0.15) is 74.6 Å². The highest BCUT2D eigenvalue weighted by Crippen LogP contribution is 2.46. The Hall–Kier alpha value is -2.08. The van der Waals surface area contributed by atoms with Gasteiger partial charge in [-0.3, -0.25) is 0 Å². The van der Waals surface area contributed by atoms with Crippen LogP contribution in [-0.4, -0.2) is 0 Å². The molecule has 0 heterocycles. The van der Waals surface area contributed by atoms with Gasteiger partial charge in [0, 0.05) is 11.8 Å². The Bertz CT molecular complexity index is 790. The highest BCUT2D eigenvalue weighted by atomic mass is 14.3. The van der Waals surface area contributed by atoms with Crippen LogP contribution in [0.5, 0.6) is 0 Å². The van der Waals surface area contributed by atoms with Crippen LogP contribution in [0.4, 0.5) is 0 Å². The van der Waals surface area contributed by atoms with E-state index in [1.807, 2.05) is 0 Å². The summed E-state index contributed by atoms with van der Waals surface area (Å²) >= 11 is 0. The number of fused-ring (bicyclic) bond motifs is 2. The van der Waals surface area contributed by atoms with Crippen molar-refractivity contribution in [2.24, 2.45) is 11.8 Å². The molecule has 0 fully saturated rings. The molecule has 0 nitrogen and oxygen atoms in total. The summed E-state index contributed by atoms with van der Waals surface area (Å²) in [5, 5.41) is 0. The van der Waals surface area contributed by atoms with Crippen molar-refractivity contribution in [1.29, 1.82) is 0 Å². The fourth-order valence-corrected chi connectivity index (χ4v) is 4.80. The monoisotopic (exact) mass is 342 g/mol. The average Bonchev–Trinajstić information content (AvgIpc) is 3.19. The maximum absolute atomic E-state index is 2.54. The van der Waals surface area contributed by atoms with Crippen molar-refractivity contribution in [1.82, 2.24) is 0 Å². The Kier molecular flexibility index (Phi) is 4.61. The molecule has 2 aliphatic rings. The van der Waals surface area contributed by atoms with Crippen molar-refractivity contribution in [3.8, 4) is 0 Å². The van der Waals surface area contributed by atoms with Gasteiger partial charge in [-0.1, -0.05) is 88.4 Å². The predicted molar refractivity (Wildman–Crippen MR) is 113 cm³/mol. The second-order valence-corrected chi connectivity index (χ2v) is 8.52. The lowest BCUT2D eigenvalue weighted by molar-refractivity contribution is 0.641. The smallest absolute Gasteiger partial charge is 0.00304 e. The van der Waals surface area contributed by atoms with Gasteiger partial charge in [0.1, 0.15) is 0 Å². The van der Waals surface area contributed by atoms with E-state index in [2.05, 4.69) is 88.4 Å². The van der Waals surface area contributed by atoms with Gasteiger partial charge in [-0.15, -0.1) is 0 Å². The first-order valence-corrected chi connectivity index (χ1v) is 10.2. The van der Waals surface area contributed by atoms with Gasteiger partial charge in [-0.2, -0.15) is 0 Å². The van der Waals surface area contributed by atoms with E-state index >= 15 is 0 Å². The molecule has 2 aromatic rings. The summed E-state index contributed by atoms with van der Waals surface area (Å²) in [4.78, 5) is 0. The third-order valence-electron chi connectivity index (χ3n) is 6.14. The summed E-state index contributed by atoms with van der Waals surface area (Å²) in [5.41, 5.74) is 9.12. The molecule has 0 saturated heterocycles. The molecular formula is C26H30. The number of hydrogen-bond donors (Lipinski definition) is 0. The SMILES string of the molecule is CC(C)C1=C[C@@H](CC[C@@H]2C=C(C(C)C)c3ccccc32)c2ccccc21. The van der Waals surface area contributed by atoms with E-state index in [1.54, 1.807) is 0 Å². The Balaban J connectivity index is 1.57. The molecule has 0 unspecified atom stereocenters. The van der Waals surface area contributed by atoms with Crippen LogP contribution in [0.2, 0.25) is 0 Å². The van der Waals surface area contributed by atoms with Gasteiger partial charge < -0.3 is 0 Å². The van der Waals surface area contributed by atoms with Gasteiger partial charge in [0.15, 0.2) is 0 Å². The average molecular weight is 343 g/mol. The van der Waals surface area contributed by atoms with Gasteiger partial charge >= 0.3 is 0 Å². The Labute approximate surface area is 158 Å². The van der Waals surface area contributed by atoms with E-state index in [-0.39, 0.29) is 0 Å². The fourth-order valence-electron chi connectivity index (χ4n) is 4.80. The molecule has 134 valence electrons. The van der Waals surface area contributed by atoms with Crippen LogP contribution in [0.3, 0.4) is 0 Å². The van der Waals surface area contributed by atoms with Crippen LogP contribution in [0, 0.1) is 11.8 Å².